The minimum Gasteiger partial charge on any atom is -0.381 e. The molecule has 0 N–H and O–H groups in total. The third-order valence-corrected chi connectivity index (χ3v) is 3.03. The summed E-state index contributed by atoms with van der Waals surface area (Å²) in [7, 11) is 0. The quantitative estimate of drug-likeness (QED) is 0.629. The fraction of sp³-hybridized carbons (Fsp3) is 1.00. The van der Waals surface area contributed by atoms with E-state index in [9.17, 15) is 0 Å². The van der Waals surface area contributed by atoms with Gasteiger partial charge in [0.2, 0.25) is 0 Å². The van der Waals surface area contributed by atoms with Crippen molar-refractivity contribution >= 4 is 0 Å². The summed E-state index contributed by atoms with van der Waals surface area (Å²) in [6, 6.07) is 0. The Bertz CT molecular complexity index is 141. The van der Waals surface area contributed by atoms with Gasteiger partial charge in [-0.15, -0.1) is 0 Å². The van der Waals surface area contributed by atoms with E-state index in [0.29, 0.717) is 6.10 Å². The minimum absolute atomic E-state index is 0.539. The van der Waals surface area contributed by atoms with E-state index in [1.54, 1.807) is 0 Å². The van der Waals surface area contributed by atoms with E-state index in [1.165, 1.54) is 19.3 Å². The monoisotopic (exact) mass is 170 g/mol. The lowest BCUT2D eigenvalue weighted by Gasteiger charge is -2.37. The van der Waals surface area contributed by atoms with Gasteiger partial charge >= 0.3 is 0 Å². The summed E-state index contributed by atoms with van der Waals surface area (Å²) in [6.45, 7) is 5.18. The lowest BCUT2D eigenvalue weighted by Crippen LogP contribution is -2.40. The Morgan fingerprint density at radius 2 is 2.25 bits per heavy atom. The van der Waals surface area contributed by atoms with Crippen LogP contribution in [0.1, 0.15) is 26.2 Å². The van der Waals surface area contributed by atoms with Crippen LogP contribution in [0.25, 0.3) is 0 Å². The van der Waals surface area contributed by atoms with Gasteiger partial charge in [-0.25, -0.2) is 0 Å². The number of ether oxygens (including phenoxy) is 2. The molecule has 2 aliphatic heterocycles. The third kappa shape index (κ3) is 1.80. The number of rotatable bonds is 2. The van der Waals surface area contributed by atoms with E-state index in [4.69, 9.17) is 9.47 Å². The van der Waals surface area contributed by atoms with Gasteiger partial charge in [0, 0.05) is 19.1 Å². The zero-order valence-electron chi connectivity index (χ0n) is 7.79. The van der Waals surface area contributed by atoms with Crippen molar-refractivity contribution in [2.45, 2.75) is 32.3 Å². The van der Waals surface area contributed by atoms with Crippen LogP contribution in [0.15, 0.2) is 0 Å². The first-order chi connectivity index (χ1) is 5.86. The van der Waals surface area contributed by atoms with E-state index < -0.39 is 0 Å². The van der Waals surface area contributed by atoms with Gasteiger partial charge in [-0.05, 0) is 25.2 Å². The van der Waals surface area contributed by atoms with Crippen LogP contribution in [-0.2, 0) is 9.47 Å². The molecular formula is C10H18O2. The molecule has 3 unspecified atom stereocenters. The highest BCUT2D eigenvalue weighted by Crippen LogP contribution is 2.29. The van der Waals surface area contributed by atoms with Gasteiger partial charge in [0.15, 0.2) is 0 Å². The maximum Gasteiger partial charge on any atom is 0.0626 e. The highest BCUT2D eigenvalue weighted by atomic mass is 16.5. The molecule has 12 heavy (non-hydrogen) atoms. The maximum absolute atomic E-state index is 5.49. The van der Waals surface area contributed by atoms with Crippen molar-refractivity contribution in [2.75, 3.05) is 19.8 Å². The van der Waals surface area contributed by atoms with Crippen LogP contribution in [0, 0.1) is 11.8 Å². The lowest BCUT2D eigenvalue weighted by atomic mass is 9.88. The minimum atomic E-state index is 0.539. The molecule has 3 atom stereocenters. The summed E-state index contributed by atoms with van der Waals surface area (Å²) in [6.07, 6.45) is 4.34. The van der Waals surface area contributed by atoms with Crippen molar-refractivity contribution in [2.24, 2.45) is 11.8 Å². The van der Waals surface area contributed by atoms with E-state index in [1.807, 2.05) is 0 Å². The molecule has 0 spiro atoms. The van der Waals surface area contributed by atoms with Crippen LogP contribution in [0.4, 0.5) is 0 Å². The lowest BCUT2D eigenvalue weighted by molar-refractivity contribution is -0.123. The van der Waals surface area contributed by atoms with Gasteiger partial charge < -0.3 is 9.47 Å². The van der Waals surface area contributed by atoms with Crippen LogP contribution >= 0.6 is 0 Å². The topological polar surface area (TPSA) is 18.5 Å². The van der Waals surface area contributed by atoms with Gasteiger partial charge in [0.25, 0.3) is 0 Å². The molecule has 2 fully saturated rings. The first kappa shape index (κ1) is 8.52. The summed E-state index contributed by atoms with van der Waals surface area (Å²) in [5.74, 6) is 1.55. The Hall–Kier alpha value is -0.0800. The first-order valence-electron chi connectivity index (χ1n) is 5.05. The van der Waals surface area contributed by atoms with Gasteiger partial charge in [-0.3, -0.25) is 0 Å². The zero-order chi connectivity index (χ0) is 8.39. The molecule has 0 amide bonds. The average molecular weight is 170 g/mol. The van der Waals surface area contributed by atoms with Gasteiger partial charge in [-0.1, -0.05) is 6.92 Å². The smallest absolute Gasteiger partial charge is 0.0626 e. The van der Waals surface area contributed by atoms with Crippen LogP contribution in [0.5, 0.6) is 0 Å². The van der Waals surface area contributed by atoms with Crippen molar-refractivity contribution in [1.82, 2.24) is 0 Å². The van der Waals surface area contributed by atoms with Crippen LogP contribution in [0.2, 0.25) is 0 Å². The molecule has 0 aromatic rings. The van der Waals surface area contributed by atoms with Gasteiger partial charge in [-0.2, -0.15) is 0 Å². The Kier molecular flexibility index (Phi) is 2.66. The second-order valence-electron chi connectivity index (χ2n) is 4.17. The molecule has 0 aromatic carbocycles. The second-order valence-corrected chi connectivity index (χ2v) is 4.17. The molecule has 0 saturated carbocycles. The Morgan fingerprint density at radius 3 is 2.75 bits per heavy atom. The molecule has 2 rings (SSSR count). The fourth-order valence-corrected chi connectivity index (χ4v) is 2.05. The van der Waals surface area contributed by atoms with Crippen molar-refractivity contribution < 1.29 is 9.47 Å². The molecule has 2 saturated heterocycles. The molecule has 2 nitrogen and oxygen atoms in total. The molecule has 70 valence electrons. The van der Waals surface area contributed by atoms with Crippen molar-refractivity contribution in [1.29, 1.82) is 0 Å². The molecule has 2 heteroatoms. The standard InChI is InChI=1S/C10H18O2/c1-8-6-12-10(8)5-9-3-2-4-11-7-9/h8-10H,2-7H2,1H3. The van der Waals surface area contributed by atoms with Crippen molar-refractivity contribution in [3.8, 4) is 0 Å². The first-order valence-corrected chi connectivity index (χ1v) is 5.05. The fourth-order valence-electron chi connectivity index (χ4n) is 2.05. The predicted octanol–water partition coefficient (Wildman–Crippen LogP) is 1.84. The van der Waals surface area contributed by atoms with E-state index in [0.717, 1.165) is 31.7 Å². The summed E-state index contributed by atoms with van der Waals surface area (Å²) >= 11 is 0. The zero-order valence-corrected chi connectivity index (χ0v) is 7.79. The molecule has 2 heterocycles. The average Bonchev–Trinajstić information content (AvgIpc) is 2.14. The largest absolute Gasteiger partial charge is 0.381 e. The summed E-state index contributed by atoms with van der Waals surface area (Å²) in [5, 5.41) is 0. The summed E-state index contributed by atoms with van der Waals surface area (Å²) in [5.41, 5.74) is 0. The highest BCUT2D eigenvalue weighted by molar-refractivity contribution is 4.78. The summed E-state index contributed by atoms with van der Waals surface area (Å²) < 4.78 is 10.9. The highest BCUT2D eigenvalue weighted by Gasteiger charge is 2.30. The molecule has 2 aliphatic rings. The second kappa shape index (κ2) is 3.75. The maximum atomic E-state index is 5.49. The third-order valence-electron chi connectivity index (χ3n) is 3.03. The van der Waals surface area contributed by atoms with Crippen LogP contribution in [0.3, 0.4) is 0 Å². The van der Waals surface area contributed by atoms with Crippen LogP contribution < -0.4 is 0 Å². The molecule has 0 bridgehead atoms. The van der Waals surface area contributed by atoms with Crippen molar-refractivity contribution in [3.05, 3.63) is 0 Å². The Balaban J connectivity index is 1.70. The van der Waals surface area contributed by atoms with Crippen molar-refractivity contribution in [3.63, 3.8) is 0 Å². The Morgan fingerprint density at radius 1 is 1.33 bits per heavy atom. The van der Waals surface area contributed by atoms with E-state index in [2.05, 4.69) is 6.92 Å². The molecule has 0 aliphatic carbocycles. The SMILES string of the molecule is CC1COC1CC1CCCOC1. The Labute approximate surface area is 74.2 Å². The van der Waals surface area contributed by atoms with E-state index in [-0.39, 0.29) is 0 Å². The van der Waals surface area contributed by atoms with Gasteiger partial charge in [0.05, 0.1) is 12.7 Å². The van der Waals surface area contributed by atoms with Crippen LogP contribution in [-0.4, -0.2) is 25.9 Å². The van der Waals surface area contributed by atoms with Gasteiger partial charge in [0.1, 0.15) is 0 Å². The predicted molar refractivity (Wildman–Crippen MR) is 47.1 cm³/mol. The number of hydrogen-bond acceptors (Lipinski definition) is 2. The molecule has 0 radical (unpaired) electrons. The number of hydrogen-bond donors (Lipinski definition) is 0. The normalized spacial score (nSPS) is 42.2. The molecule has 0 aromatic heterocycles. The molecular weight excluding hydrogens is 152 g/mol. The van der Waals surface area contributed by atoms with E-state index >= 15 is 0 Å². The summed E-state index contributed by atoms with van der Waals surface area (Å²) in [4.78, 5) is 0.